The standard InChI is InChI=1S/C19H23ClN2O3/c1-13(12-24-2)21-18(14-7-5-4-6-8-14)19(23)22-15-9-10-17(25-3)16(20)11-15/h4-11,13,18,21H,12H2,1-3H3,(H,22,23)/t13-,18+/m0/s1. The number of halogens is 1. The van der Waals surface area contributed by atoms with Gasteiger partial charge in [-0.05, 0) is 30.7 Å². The zero-order valence-corrected chi connectivity index (χ0v) is 15.3. The van der Waals surface area contributed by atoms with Crippen LogP contribution in [0.25, 0.3) is 0 Å². The van der Waals surface area contributed by atoms with Crippen molar-refractivity contribution in [3.8, 4) is 5.75 Å². The Kier molecular flexibility index (Phi) is 7.25. The summed E-state index contributed by atoms with van der Waals surface area (Å²) in [5, 5.41) is 6.64. The second-order valence-corrected chi connectivity index (χ2v) is 6.11. The SMILES string of the molecule is COC[C@H](C)N[C@@H](C(=O)Nc1ccc(OC)c(Cl)c1)c1ccccc1. The van der Waals surface area contributed by atoms with Gasteiger partial charge in [0.25, 0.3) is 0 Å². The summed E-state index contributed by atoms with van der Waals surface area (Å²) >= 11 is 6.13. The van der Waals surface area contributed by atoms with Gasteiger partial charge >= 0.3 is 0 Å². The zero-order chi connectivity index (χ0) is 18.2. The molecule has 0 saturated carbocycles. The maximum atomic E-state index is 12.8. The third-order valence-corrected chi connectivity index (χ3v) is 3.98. The van der Waals surface area contributed by atoms with Crippen LogP contribution in [-0.4, -0.2) is 32.8 Å². The average Bonchev–Trinajstić information content (AvgIpc) is 2.61. The molecule has 0 radical (unpaired) electrons. The van der Waals surface area contributed by atoms with Crippen molar-refractivity contribution in [2.24, 2.45) is 0 Å². The van der Waals surface area contributed by atoms with Gasteiger partial charge in [-0.25, -0.2) is 0 Å². The number of hydrogen-bond acceptors (Lipinski definition) is 4. The van der Waals surface area contributed by atoms with Crippen molar-refractivity contribution in [2.45, 2.75) is 19.0 Å². The first kappa shape index (κ1) is 19.2. The second-order valence-electron chi connectivity index (χ2n) is 5.71. The Hall–Kier alpha value is -2.08. The minimum atomic E-state index is -0.507. The molecule has 2 atom stereocenters. The van der Waals surface area contributed by atoms with E-state index in [0.29, 0.717) is 23.1 Å². The Morgan fingerprint density at radius 2 is 1.88 bits per heavy atom. The highest BCUT2D eigenvalue weighted by Crippen LogP contribution is 2.27. The van der Waals surface area contributed by atoms with Crippen LogP contribution in [0.5, 0.6) is 5.75 Å². The number of hydrogen-bond donors (Lipinski definition) is 2. The van der Waals surface area contributed by atoms with Crippen LogP contribution < -0.4 is 15.4 Å². The summed E-state index contributed by atoms with van der Waals surface area (Å²) in [6.07, 6.45) is 0. The van der Waals surface area contributed by atoms with Crippen molar-refractivity contribution in [1.29, 1.82) is 0 Å². The Bertz CT molecular complexity index is 694. The highest BCUT2D eigenvalue weighted by Gasteiger charge is 2.22. The van der Waals surface area contributed by atoms with Crippen LogP contribution in [0.3, 0.4) is 0 Å². The fourth-order valence-corrected chi connectivity index (χ4v) is 2.77. The lowest BCUT2D eigenvalue weighted by atomic mass is 10.0. The number of carbonyl (C=O) groups excluding carboxylic acids is 1. The van der Waals surface area contributed by atoms with Crippen LogP contribution in [0.2, 0.25) is 5.02 Å². The van der Waals surface area contributed by atoms with Crippen molar-refractivity contribution >= 4 is 23.2 Å². The minimum Gasteiger partial charge on any atom is -0.495 e. The van der Waals surface area contributed by atoms with Gasteiger partial charge in [-0.2, -0.15) is 0 Å². The summed E-state index contributed by atoms with van der Waals surface area (Å²) in [5.74, 6) is 0.390. The van der Waals surface area contributed by atoms with Crippen molar-refractivity contribution in [2.75, 3.05) is 26.1 Å². The molecule has 2 N–H and O–H groups in total. The molecule has 1 amide bonds. The zero-order valence-electron chi connectivity index (χ0n) is 14.6. The van der Waals surface area contributed by atoms with E-state index in [9.17, 15) is 4.79 Å². The third kappa shape index (κ3) is 5.46. The van der Waals surface area contributed by atoms with Crippen molar-refractivity contribution < 1.29 is 14.3 Å². The monoisotopic (exact) mass is 362 g/mol. The van der Waals surface area contributed by atoms with Gasteiger partial charge in [-0.15, -0.1) is 0 Å². The van der Waals surface area contributed by atoms with E-state index in [1.54, 1.807) is 32.4 Å². The summed E-state index contributed by atoms with van der Waals surface area (Å²) in [5.41, 5.74) is 1.49. The third-order valence-electron chi connectivity index (χ3n) is 3.68. The van der Waals surface area contributed by atoms with Crippen LogP contribution in [0.4, 0.5) is 5.69 Å². The average molecular weight is 363 g/mol. The maximum Gasteiger partial charge on any atom is 0.246 e. The molecule has 0 bridgehead atoms. The molecule has 0 spiro atoms. The van der Waals surface area contributed by atoms with Gasteiger partial charge < -0.3 is 14.8 Å². The quantitative estimate of drug-likeness (QED) is 0.752. The summed E-state index contributed by atoms with van der Waals surface area (Å²) < 4.78 is 10.3. The number of rotatable bonds is 8. The van der Waals surface area contributed by atoms with Gasteiger partial charge in [0.1, 0.15) is 11.8 Å². The van der Waals surface area contributed by atoms with E-state index >= 15 is 0 Å². The fraction of sp³-hybridized carbons (Fsp3) is 0.316. The number of benzene rings is 2. The molecule has 0 saturated heterocycles. The first-order valence-corrected chi connectivity index (χ1v) is 8.37. The molecule has 0 fully saturated rings. The lowest BCUT2D eigenvalue weighted by Gasteiger charge is -2.23. The van der Waals surface area contributed by atoms with Gasteiger partial charge in [0.05, 0.1) is 18.7 Å². The lowest BCUT2D eigenvalue weighted by molar-refractivity contribution is -0.118. The molecule has 0 aromatic heterocycles. The lowest BCUT2D eigenvalue weighted by Crippen LogP contribution is -2.40. The van der Waals surface area contributed by atoms with Gasteiger partial charge in [0.2, 0.25) is 5.91 Å². The number of ether oxygens (including phenoxy) is 2. The minimum absolute atomic E-state index is 0.0143. The van der Waals surface area contributed by atoms with Gasteiger partial charge in [-0.3, -0.25) is 10.1 Å². The maximum absolute atomic E-state index is 12.8. The molecule has 0 aliphatic rings. The Morgan fingerprint density at radius 3 is 2.48 bits per heavy atom. The molecule has 2 aromatic carbocycles. The molecule has 2 aromatic rings. The van der Waals surface area contributed by atoms with E-state index in [1.807, 2.05) is 37.3 Å². The number of methoxy groups -OCH3 is 2. The summed E-state index contributed by atoms with van der Waals surface area (Å²) in [4.78, 5) is 12.8. The molecule has 0 unspecified atom stereocenters. The Balaban J connectivity index is 2.18. The van der Waals surface area contributed by atoms with Crippen LogP contribution in [0.15, 0.2) is 48.5 Å². The number of carbonyl (C=O) groups is 1. The van der Waals surface area contributed by atoms with Crippen molar-refractivity contribution in [3.63, 3.8) is 0 Å². The topological polar surface area (TPSA) is 59.6 Å². The van der Waals surface area contributed by atoms with Gasteiger partial charge in [0.15, 0.2) is 0 Å². The van der Waals surface area contributed by atoms with Crippen molar-refractivity contribution in [3.05, 3.63) is 59.1 Å². The molecule has 0 aliphatic carbocycles. The largest absolute Gasteiger partial charge is 0.495 e. The van der Waals surface area contributed by atoms with E-state index in [4.69, 9.17) is 21.1 Å². The molecule has 25 heavy (non-hydrogen) atoms. The van der Waals surface area contributed by atoms with E-state index in [-0.39, 0.29) is 11.9 Å². The highest BCUT2D eigenvalue weighted by molar-refractivity contribution is 6.32. The number of nitrogens with one attached hydrogen (secondary N) is 2. The number of amides is 1. The first-order valence-electron chi connectivity index (χ1n) is 7.99. The molecule has 5 nitrogen and oxygen atoms in total. The molecule has 0 aliphatic heterocycles. The second kappa shape index (κ2) is 9.42. The van der Waals surface area contributed by atoms with Crippen LogP contribution >= 0.6 is 11.6 Å². The smallest absolute Gasteiger partial charge is 0.246 e. The Morgan fingerprint density at radius 1 is 1.16 bits per heavy atom. The van der Waals surface area contributed by atoms with E-state index in [2.05, 4.69) is 10.6 Å². The molecule has 2 rings (SSSR count). The fourth-order valence-electron chi connectivity index (χ4n) is 2.51. The predicted octanol–water partition coefficient (Wildman–Crippen LogP) is 3.65. The van der Waals surface area contributed by atoms with Crippen molar-refractivity contribution in [1.82, 2.24) is 5.32 Å². The molecular weight excluding hydrogens is 340 g/mol. The Labute approximate surface area is 153 Å². The normalized spacial score (nSPS) is 13.1. The van der Waals surface area contributed by atoms with Gasteiger partial charge in [0, 0.05) is 18.8 Å². The highest BCUT2D eigenvalue weighted by atomic mass is 35.5. The first-order chi connectivity index (χ1) is 12.0. The van der Waals surface area contributed by atoms with Crippen LogP contribution in [0.1, 0.15) is 18.5 Å². The molecule has 6 heteroatoms. The van der Waals surface area contributed by atoms with Crippen LogP contribution in [-0.2, 0) is 9.53 Å². The van der Waals surface area contributed by atoms with E-state index in [0.717, 1.165) is 5.56 Å². The summed E-state index contributed by atoms with van der Waals surface area (Å²) in [6.45, 7) is 2.47. The summed E-state index contributed by atoms with van der Waals surface area (Å²) in [6, 6.07) is 14.2. The molecule has 0 heterocycles. The van der Waals surface area contributed by atoms with E-state index < -0.39 is 6.04 Å². The molecule has 134 valence electrons. The van der Waals surface area contributed by atoms with Crippen LogP contribution in [0, 0.1) is 0 Å². The molecular formula is C19H23ClN2O3. The number of anilines is 1. The van der Waals surface area contributed by atoms with Gasteiger partial charge in [-0.1, -0.05) is 41.9 Å². The summed E-state index contributed by atoms with van der Waals surface area (Å²) in [7, 11) is 3.18. The predicted molar refractivity (Wildman–Crippen MR) is 100 cm³/mol. The van der Waals surface area contributed by atoms with E-state index in [1.165, 1.54) is 0 Å².